The van der Waals surface area contributed by atoms with Crippen molar-refractivity contribution in [2.75, 3.05) is 5.75 Å². The lowest BCUT2D eigenvalue weighted by molar-refractivity contribution is 0.615. The fourth-order valence-electron chi connectivity index (χ4n) is 1.53. The van der Waals surface area contributed by atoms with E-state index in [1.807, 2.05) is 30.3 Å². The zero-order valence-corrected chi connectivity index (χ0v) is 11.0. The lowest BCUT2D eigenvalue weighted by Crippen LogP contribution is -1.86. The van der Waals surface area contributed by atoms with Crippen molar-refractivity contribution in [1.82, 2.24) is 0 Å². The SMILES string of the molecule is CCCCCCCCSOc1ccccc1. The second-order valence-corrected chi connectivity index (χ2v) is 4.80. The predicted molar refractivity (Wildman–Crippen MR) is 72.9 cm³/mol. The molecule has 1 rings (SSSR count). The average Bonchev–Trinajstić information content (AvgIpc) is 2.34. The first kappa shape index (κ1) is 13.4. The molecule has 0 saturated carbocycles. The molecular weight excluding hydrogens is 216 g/mol. The second kappa shape index (κ2) is 9.59. The summed E-state index contributed by atoms with van der Waals surface area (Å²) in [6, 6.07) is 10.00. The van der Waals surface area contributed by atoms with E-state index in [2.05, 4.69) is 6.92 Å². The van der Waals surface area contributed by atoms with Crippen LogP contribution in [0.5, 0.6) is 5.75 Å². The van der Waals surface area contributed by atoms with Crippen LogP contribution in [0.15, 0.2) is 30.3 Å². The number of para-hydroxylation sites is 1. The lowest BCUT2D eigenvalue weighted by Gasteiger charge is -2.03. The molecule has 16 heavy (non-hydrogen) atoms. The maximum absolute atomic E-state index is 5.55. The van der Waals surface area contributed by atoms with Gasteiger partial charge in [-0.2, -0.15) is 0 Å². The van der Waals surface area contributed by atoms with Crippen molar-refractivity contribution in [3.05, 3.63) is 30.3 Å². The van der Waals surface area contributed by atoms with E-state index >= 15 is 0 Å². The average molecular weight is 238 g/mol. The third kappa shape index (κ3) is 6.78. The lowest BCUT2D eigenvalue weighted by atomic mass is 10.1. The van der Waals surface area contributed by atoms with Gasteiger partial charge < -0.3 is 4.18 Å². The van der Waals surface area contributed by atoms with E-state index in [1.165, 1.54) is 38.5 Å². The van der Waals surface area contributed by atoms with Gasteiger partial charge in [0.15, 0.2) is 0 Å². The van der Waals surface area contributed by atoms with Crippen LogP contribution in [-0.2, 0) is 0 Å². The third-order valence-corrected chi connectivity index (χ3v) is 3.25. The van der Waals surface area contributed by atoms with Gasteiger partial charge in [-0.05, 0) is 18.6 Å². The van der Waals surface area contributed by atoms with Gasteiger partial charge >= 0.3 is 0 Å². The fourth-order valence-corrected chi connectivity index (χ4v) is 2.18. The van der Waals surface area contributed by atoms with Crippen LogP contribution in [0.4, 0.5) is 0 Å². The molecule has 0 aliphatic carbocycles. The largest absolute Gasteiger partial charge is 0.426 e. The summed E-state index contributed by atoms with van der Waals surface area (Å²) in [4.78, 5) is 0. The van der Waals surface area contributed by atoms with E-state index in [0.29, 0.717) is 0 Å². The standard InChI is InChI=1S/C14H22OS/c1-2-3-4-5-6-10-13-16-15-14-11-8-7-9-12-14/h7-9,11-12H,2-6,10,13H2,1H3. The van der Waals surface area contributed by atoms with Crippen LogP contribution in [0, 0.1) is 0 Å². The molecular formula is C14H22OS. The Morgan fingerprint density at radius 1 is 0.938 bits per heavy atom. The topological polar surface area (TPSA) is 9.23 Å². The van der Waals surface area contributed by atoms with Crippen LogP contribution in [0.1, 0.15) is 45.4 Å². The number of unbranched alkanes of at least 4 members (excludes halogenated alkanes) is 5. The molecule has 90 valence electrons. The molecule has 0 N–H and O–H groups in total. The normalized spacial score (nSPS) is 10.3. The number of rotatable bonds is 9. The van der Waals surface area contributed by atoms with Crippen LogP contribution < -0.4 is 4.18 Å². The maximum atomic E-state index is 5.55. The molecule has 0 unspecified atom stereocenters. The molecule has 0 saturated heterocycles. The molecule has 0 aromatic heterocycles. The van der Waals surface area contributed by atoms with Gasteiger partial charge in [0.1, 0.15) is 5.75 Å². The molecule has 0 aliphatic heterocycles. The van der Waals surface area contributed by atoms with Crippen LogP contribution >= 0.6 is 12.0 Å². The Kier molecular flexibility index (Phi) is 8.05. The summed E-state index contributed by atoms with van der Waals surface area (Å²) >= 11 is 1.57. The van der Waals surface area contributed by atoms with Crippen LogP contribution in [0.25, 0.3) is 0 Å². The van der Waals surface area contributed by atoms with Crippen LogP contribution in [-0.4, -0.2) is 5.75 Å². The van der Waals surface area contributed by atoms with E-state index < -0.39 is 0 Å². The van der Waals surface area contributed by atoms with E-state index in [9.17, 15) is 0 Å². The Morgan fingerprint density at radius 2 is 1.62 bits per heavy atom. The molecule has 0 radical (unpaired) electrons. The summed E-state index contributed by atoms with van der Waals surface area (Å²) in [7, 11) is 0. The number of benzene rings is 1. The molecule has 2 heteroatoms. The minimum atomic E-state index is 0.957. The van der Waals surface area contributed by atoms with Gasteiger partial charge in [0, 0.05) is 5.75 Å². The van der Waals surface area contributed by atoms with Crippen molar-refractivity contribution in [3.8, 4) is 5.75 Å². The molecule has 0 bridgehead atoms. The Balaban J connectivity index is 1.89. The van der Waals surface area contributed by atoms with Crippen molar-refractivity contribution in [1.29, 1.82) is 0 Å². The van der Waals surface area contributed by atoms with Gasteiger partial charge in [-0.15, -0.1) is 0 Å². The molecule has 0 atom stereocenters. The van der Waals surface area contributed by atoms with Crippen molar-refractivity contribution in [2.24, 2.45) is 0 Å². The minimum absolute atomic E-state index is 0.957. The Hall–Kier alpha value is -0.630. The highest BCUT2D eigenvalue weighted by Crippen LogP contribution is 2.16. The van der Waals surface area contributed by atoms with E-state index in [0.717, 1.165) is 11.5 Å². The van der Waals surface area contributed by atoms with Gasteiger partial charge in [0.25, 0.3) is 0 Å². The van der Waals surface area contributed by atoms with E-state index in [4.69, 9.17) is 4.18 Å². The van der Waals surface area contributed by atoms with E-state index in [1.54, 1.807) is 12.0 Å². The van der Waals surface area contributed by atoms with Gasteiger partial charge in [0.05, 0.1) is 12.0 Å². The summed E-state index contributed by atoms with van der Waals surface area (Å²) < 4.78 is 5.55. The molecule has 1 aromatic rings. The van der Waals surface area contributed by atoms with Crippen molar-refractivity contribution in [3.63, 3.8) is 0 Å². The quantitative estimate of drug-likeness (QED) is 0.438. The van der Waals surface area contributed by atoms with Crippen LogP contribution in [0.3, 0.4) is 0 Å². The summed E-state index contributed by atoms with van der Waals surface area (Å²) in [5.74, 6) is 2.06. The smallest absolute Gasteiger partial charge is 0.137 e. The molecule has 1 aromatic carbocycles. The number of hydrogen-bond acceptors (Lipinski definition) is 2. The van der Waals surface area contributed by atoms with Crippen molar-refractivity contribution in [2.45, 2.75) is 45.4 Å². The predicted octanol–water partition coefficient (Wildman–Crippen LogP) is 5.07. The fraction of sp³-hybridized carbons (Fsp3) is 0.571. The van der Waals surface area contributed by atoms with Gasteiger partial charge in [-0.3, -0.25) is 0 Å². The van der Waals surface area contributed by atoms with Gasteiger partial charge in [-0.25, -0.2) is 0 Å². The van der Waals surface area contributed by atoms with E-state index in [-0.39, 0.29) is 0 Å². The summed E-state index contributed by atoms with van der Waals surface area (Å²) in [6.45, 7) is 2.25. The molecule has 0 heterocycles. The first-order chi connectivity index (χ1) is 7.93. The Morgan fingerprint density at radius 3 is 2.38 bits per heavy atom. The highest BCUT2D eigenvalue weighted by Gasteiger charge is 1.94. The zero-order chi connectivity index (χ0) is 11.5. The van der Waals surface area contributed by atoms with Gasteiger partial charge in [-0.1, -0.05) is 57.2 Å². The Bertz CT molecular complexity index is 248. The third-order valence-electron chi connectivity index (χ3n) is 2.48. The van der Waals surface area contributed by atoms with Crippen LogP contribution in [0.2, 0.25) is 0 Å². The first-order valence-corrected chi connectivity index (χ1v) is 7.19. The molecule has 0 spiro atoms. The second-order valence-electron chi connectivity index (χ2n) is 3.99. The number of hydrogen-bond donors (Lipinski definition) is 0. The molecule has 0 amide bonds. The summed E-state index contributed by atoms with van der Waals surface area (Å²) in [5, 5.41) is 0. The zero-order valence-electron chi connectivity index (χ0n) is 10.2. The monoisotopic (exact) mass is 238 g/mol. The molecule has 0 aliphatic rings. The van der Waals surface area contributed by atoms with Gasteiger partial charge in [0.2, 0.25) is 0 Å². The highest BCUT2D eigenvalue weighted by atomic mass is 32.2. The summed E-state index contributed by atoms with van der Waals surface area (Å²) in [5.41, 5.74) is 0. The highest BCUT2D eigenvalue weighted by molar-refractivity contribution is 7.95. The maximum Gasteiger partial charge on any atom is 0.137 e. The molecule has 0 fully saturated rings. The first-order valence-electron chi connectivity index (χ1n) is 6.28. The van der Waals surface area contributed by atoms with Crippen molar-refractivity contribution < 1.29 is 4.18 Å². The minimum Gasteiger partial charge on any atom is -0.426 e. The Labute approximate surface area is 104 Å². The summed E-state index contributed by atoms with van der Waals surface area (Å²) in [6.07, 6.45) is 8.08. The molecule has 1 nitrogen and oxygen atoms in total. The van der Waals surface area contributed by atoms with Crippen molar-refractivity contribution >= 4 is 12.0 Å².